The van der Waals surface area contributed by atoms with Crippen molar-refractivity contribution in [2.45, 2.75) is 11.8 Å². The van der Waals surface area contributed by atoms with Crippen LogP contribution in [0.4, 0.5) is 5.69 Å². The standard InChI is InChI=1S/C21H20N2O5S/c1-2-22-29(26,27)17-12-10-16(11-13-17)21(25)28-14-20(24)23-19-9-5-7-15-6-3-4-8-18(15)19/h3-13,22H,2,14H2,1H3,(H,23,24). The first-order valence-corrected chi connectivity index (χ1v) is 10.4. The second kappa shape index (κ2) is 8.85. The van der Waals surface area contributed by atoms with Crippen LogP contribution in [0.5, 0.6) is 0 Å². The molecule has 0 saturated carbocycles. The molecule has 8 heteroatoms. The van der Waals surface area contributed by atoms with Crippen LogP contribution >= 0.6 is 0 Å². The highest BCUT2D eigenvalue weighted by molar-refractivity contribution is 7.89. The number of amides is 1. The molecule has 29 heavy (non-hydrogen) atoms. The number of carbonyl (C=O) groups is 2. The number of fused-ring (bicyclic) bond motifs is 1. The van der Waals surface area contributed by atoms with Crippen molar-refractivity contribution in [1.29, 1.82) is 0 Å². The van der Waals surface area contributed by atoms with E-state index in [1.54, 1.807) is 13.0 Å². The lowest BCUT2D eigenvalue weighted by Crippen LogP contribution is -2.23. The number of esters is 1. The fraction of sp³-hybridized carbons (Fsp3) is 0.143. The van der Waals surface area contributed by atoms with Crippen LogP contribution in [0.2, 0.25) is 0 Å². The Labute approximate surface area is 168 Å². The van der Waals surface area contributed by atoms with E-state index in [2.05, 4.69) is 10.0 Å². The molecule has 0 saturated heterocycles. The molecule has 0 aliphatic carbocycles. The normalized spacial score (nSPS) is 11.2. The number of rotatable bonds is 7. The van der Waals surface area contributed by atoms with E-state index in [9.17, 15) is 18.0 Å². The number of sulfonamides is 1. The lowest BCUT2D eigenvalue weighted by molar-refractivity contribution is -0.119. The molecule has 3 aromatic rings. The van der Waals surface area contributed by atoms with E-state index in [0.717, 1.165) is 10.8 Å². The zero-order chi connectivity index (χ0) is 20.9. The molecule has 0 bridgehead atoms. The number of benzene rings is 3. The van der Waals surface area contributed by atoms with Crippen molar-refractivity contribution >= 4 is 38.4 Å². The summed E-state index contributed by atoms with van der Waals surface area (Å²) in [7, 11) is -3.60. The third kappa shape index (κ3) is 4.98. The fourth-order valence-electron chi connectivity index (χ4n) is 2.78. The van der Waals surface area contributed by atoms with E-state index >= 15 is 0 Å². The molecule has 0 atom stereocenters. The van der Waals surface area contributed by atoms with E-state index in [1.807, 2.05) is 36.4 Å². The predicted octanol–water partition coefficient (Wildman–Crippen LogP) is 2.93. The van der Waals surface area contributed by atoms with Crippen LogP contribution in [-0.2, 0) is 19.6 Å². The molecule has 0 radical (unpaired) electrons. The molecule has 0 spiro atoms. The SMILES string of the molecule is CCNS(=O)(=O)c1ccc(C(=O)OCC(=O)Nc2cccc3ccccc23)cc1. The van der Waals surface area contributed by atoms with Gasteiger partial charge in [0, 0.05) is 17.6 Å². The maximum atomic E-state index is 12.2. The molecule has 0 heterocycles. The van der Waals surface area contributed by atoms with Crippen LogP contribution < -0.4 is 10.0 Å². The van der Waals surface area contributed by atoms with Gasteiger partial charge in [-0.1, -0.05) is 43.3 Å². The zero-order valence-corrected chi connectivity index (χ0v) is 16.5. The van der Waals surface area contributed by atoms with Crippen LogP contribution in [-0.4, -0.2) is 33.4 Å². The molecule has 150 valence electrons. The number of nitrogens with one attached hydrogen (secondary N) is 2. The number of carbonyl (C=O) groups excluding carboxylic acids is 2. The number of hydrogen-bond acceptors (Lipinski definition) is 5. The Balaban J connectivity index is 1.61. The maximum Gasteiger partial charge on any atom is 0.338 e. The summed E-state index contributed by atoms with van der Waals surface area (Å²) in [6.07, 6.45) is 0. The zero-order valence-electron chi connectivity index (χ0n) is 15.7. The smallest absolute Gasteiger partial charge is 0.338 e. The van der Waals surface area contributed by atoms with Gasteiger partial charge in [0.05, 0.1) is 10.5 Å². The monoisotopic (exact) mass is 412 g/mol. The quantitative estimate of drug-likeness (QED) is 0.581. The van der Waals surface area contributed by atoms with Crippen LogP contribution in [0.3, 0.4) is 0 Å². The fourth-order valence-corrected chi connectivity index (χ4v) is 3.82. The van der Waals surface area contributed by atoms with Crippen molar-refractivity contribution in [3.05, 3.63) is 72.3 Å². The van der Waals surface area contributed by atoms with Crippen molar-refractivity contribution in [3.63, 3.8) is 0 Å². The van der Waals surface area contributed by atoms with Crippen LogP contribution in [0, 0.1) is 0 Å². The first-order valence-electron chi connectivity index (χ1n) is 8.95. The van der Waals surface area contributed by atoms with E-state index in [0.29, 0.717) is 5.69 Å². The second-order valence-corrected chi connectivity index (χ2v) is 7.94. The summed E-state index contributed by atoms with van der Waals surface area (Å²) in [5.41, 5.74) is 0.778. The van der Waals surface area contributed by atoms with Gasteiger partial charge in [-0.25, -0.2) is 17.9 Å². The topological polar surface area (TPSA) is 102 Å². The Kier molecular flexibility index (Phi) is 6.26. The Morgan fingerprint density at radius 3 is 2.34 bits per heavy atom. The molecule has 1 amide bonds. The minimum absolute atomic E-state index is 0.0459. The maximum absolute atomic E-state index is 12.2. The van der Waals surface area contributed by atoms with Gasteiger partial charge in [-0.15, -0.1) is 0 Å². The van der Waals surface area contributed by atoms with E-state index in [-0.39, 0.29) is 17.0 Å². The van der Waals surface area contributed by atoms with Crippen molar-refractivity contribution in [1.82, 2.24) is 4.72 Å². The van der Waals surface area contributed by atoms with Crippen molar-refractivity contribution in [2.24, 2.45) is 0 Å². The van der Waals surface area contributed by atoms with Gasteiger partial charge >= 0.3 is 5.97 Å². The van der Waals surface area contributed by atoms with Crippen LogP contribution in [0.25, 0.3) is 10.8 Å². The molecule has 0 fully saturated rings. The first kappa shape index (κ1) is 20.5. The summed E-state index contributed by atoms with van der Waals surface area (Å²) in [5.74, 6) is -1.19. The molecule has 0 aliphatic heterocycles. The highest BCUT2D eigenvalue weighted by Gasteiger charge is 2.15. The second-order valence-electron chi connectivity index (χ2n) is 6.18. The minimum atomic E-state index is -3.60. The summed E-state index contributed by atoms with van der Waals surface area (Å²) in [6, 6.07) is 18.4. The average Bonchev–Trinajstić information content (AvgIpc) is 2.72. The molecular formula is C21H20N2O5S. The third-order valence-electron chi connectivity index (χ3n) is 4.13. The van der Waals surface area contributed by atoms with Crippen LogP contribution in [0.1, 0.15) is 17.3 Å². The minimum Gasteiger partial charge on any atom is -0.452 e. The van der Waals surface area contributed by atoms with Gasteiger partial charge in [0.25, 0.3) is 5.91 Å². The molecule has 3 aromatic carbocycles. The van der Waals surface area contributed by atoms with Crippen molar-refractivity contribution in [3.8, 4) is 0 Å². The lowest BCUT2D eigenvalue weighted by atomic mass is 10.1. The van der Waals surface area contributed by atoms with Crippen molar-refractivity contribution < 1.29 is 22.7 Å². The van der Waals surface area contributed by atoms with E-state index < -0.39 is 28.5 Å². The summed E-state index contributed by atoms with van der Waals surface area (Å²) in [6.45, 7) is 1.48. The van der Waals surface area contributed by atoms with Gasteiger partial charge in [-0.3, -0.25) is 4.79 Å². The van der Waals surface area contributed by atoms with E-state index in [4.69, 9.17) is 4.74 Å². The number of hydrogen-bond donors (Lipinski definition) is 2. The third-order valence-corrected chi connectivity index (χ3v) is 5.69. The molecule has 0 unspecified atom stereocenters. The van der Waals surface area contributed by atoms with E-state index in [1.165, 1.54) is 24.3 Å². The average molecular weight is 412 g/mol. The summed E-state index contributed by atoms with van der Waals surface area (Å²) >= 11 is 0. The molecular weight excluding hydrogens is 392 g/mol. The lowest BCUT2D eigenvalue weighted by Gasteiger charge is -2.09. The highest BCUT2D eigenvalue weighted by Crippen LogP contribution is 2.22. The molecule has 3 rings (SSSR count). The molecule has 0 aliphatic rings. The first-order chi connectivity index (χ1) is 13.9. The van der Waals surface area contributed by atoms with Gasteiger partial charge in [0.2, 0.25) is 10.0 Å². The van der Waals surface area contributed by atoms with Crippen LogP contribution in [0.15, 0.2) is 71.6 Å². The molecule has 0 aromatic heterocycles. The Morgan fingerprint density at radius 1 is 0.931 bits per heavy atom. The van der Waals surface area contributed by atoms with Gasteiger partial charge in [0.15, 0.2) is 6.61 Å². The Bertz CT molecular complexity index is 1140. The largest absolute Gasteiger partial charge is 0.452 e. The van der Waals surface area contributed by atoms with Crippen molar-refractivity contribution in [2.75, 3.05) is 18.5 Å². The van der Waals surface area contributed by atoms with Gasteiger partial charge < -0.3 is 10.1 Å². The summed E-state index contributed by atoms with van der Waals surface area (Å²) < 4.78 is 31.2. The Hall–Kier alpha value is -3.23. The number of anilines is 1. The summed E-state index contributed by atoms with van der Waals surface area (Å²) in [4.78, 5) is 24.4. The van der Waals surface area contributed by atoms with Gasteiger partial charge in [-0.2, -0.15) is 0 Å². The summed E-state index contributed by atoms with van der Waals surface area (Å²) in [5, 5.41) is 4.59. The molecule has 7 nitrogen and oxygen atoms in total. The predicted molar refractivity (Wildman–Crippen MR) is 110 cm³/mol. The molecule has 2 N–H and O–H groups in total. The van der Waals surface area contributed by atoms with Gasteiger partial charge in [0.1, 0.15) is 0 Å². The Morgan fingerprint density at radius 2 is 1.62 bits per heavy atom. The number of ether oxygens (including phenoxy) is 1. The highest BCUT2D eigenvalue weighted by atomic mass is 32.2. The van der Waals surface area contributed by atoms with Gasteiger partial charge in [-0.05, 0) is 35.7 Å².